The molecule has 0 spiro atoms. The predicted molar refractivity (Wildman–Crippen MR) is 423 cm³/mol. The van der Waals surface area contributed by atoms with E-state index in [0.717, 1.165) is 120 Å². The van der Waals surface area contributed by atoms with Crippen molar-refractivity contribution in [3.05, 3.63) is 0 Å². The van der Waals surface area contributed by atoms with Crippen LogP contribution in [0.4, 0.5) is 0 Å². The van der Waals surface area contributed by atoms with Crippen LogP contribution < -0.4 is 0 Å². The molecule has 103 heavy (non-hydrogen) atoms. The molecule has 0 fully saturated rings. The molecule has 0 aliphatic carbocycles. The third-order valence-electron chi connectivity index (χ3n) is 20.3. The number of rotatable bonds is 81. The molecule has 0 saturated heterocycles. The van der Waals surface area contributed by atoms with Crippen LogP contribution in [0.1, 0.15) is 434 Å². The maximum absolute atomic E-state index is 13.1. The Balaban J connectivity index is 5.20. The van der Waals surface area contributed by atoms with Crippen LogP contribution in [0.5, 0.6) is 0 Å². The predicted octanol–water partition coefficient (Wildman–Crippen LogP) is 25.2. The van der Waals surface area contributed by atoms with Crippen LogP contribution >= 0.6 is 15.6 Å². The SMILES string of the molecule is CCC(C)CCCCCCCCCCCCCCCCC(=O)O[C@H](COC(=O)CCCCCCCCC(C)CC)COP(=O)(O)OC[C@H](O)COP(=O)(O)OC[C@@H](COC(=O)CCCCCCCCCCCCCCCCCCCCC(C)C)OC(=O)CCCCCCCCCCCCCC(C)C. The molecule has 0 rings (SSSR count). The largest absolute Gasteiger partial charge is 0.472 e. The number of aliphatic hydroxyl groups excluding tert-OH is 1. The first-order valence-corrected chi connectivity index (χ1v) is 46.3. The minimum Gasteiger partial charge on any atom is -0.462 e. The van der Waals surface area contributed by atoms with Crippen LogP contribution in [0, 0.1) is 23.7 Å². The zero-order valence-electron chi connectivity index (χ0n) is 68.0. The third kappa shape index (κ3) is 75.3. The van der Waals surface area contributed by atoms with E-state index in [-0.39, 0.29) is 25.7 Å². The number of esters is 4. The van der Waals surface area contributed by atoms with E-state index in [1.54, 1.807) is 0 Å². The first-order valence-electron chi connectivity index (χ1n) is 43.3. The fourth-order valence-electron chi connectivity index (χ4n) is 12.9. The molecular formula is C84H164O17P2. The minimum absolute atomic E-state index is 0.106. The highest BCUT2D eigenvalue weighted by atomic mass is 31.2. The average Bonchev–Trinajstić information content (AvgIpc) is 0.917. The van der Waals surface area contributed by atoms with Crippen molar-refractivity contribution in [1.82, 2.24) is 0 Å². The molecular weight excluding hydrogens is 1340 g/mol. The van der Waals surface area contributed by atoms with Gasteiger partial charge in [-0.25, -0.2) is 9.13 Å². The van der Waals surface area contributed by atoms with E-state index in [9.17, 15) is 43.2 Å². The summed E-state index contributed by atoms with van der Waals surface area (Å²) >= 11 is 0. The third-order valence-corrected chi connectivity index (χ3v) is 22.2. The van der Waals surface area contributed by atoms with Gasteiger partial charge in [-0.2, -0.15) is 0 Å². The Morgan fingerprint density at radius 2 is 0.466 bits per heavy atom. The minimum atomic E-state index is -4.96. The van der Waals surface area contributed by atoms with Crippen LogP contribution in [0.15, 0.2) is 0 Å². The van der Waals surface area contributed by atoms with Gasteiger partial charge < -0.3 is 33.8 Å². The number of carbonyl (C=O) groups excluding carboxylic acids is 4. The lowest BCUT2D eigenvalue weighted by Gasteiger charge is -2.21. The summed E-state index contributed by atoms with van der Waals surface area (Å²) in [4.78, 5) is 73.1. The fraction of sp³-hybridized carbons (Fsp3) is 0.952. The quantitative estimate of drug-likeness (QED) is 0.0222. The van der Waals surface area contributed by atoms with E-state index >= 15 is 0 Å². The summed E-state index contributed by atoms with van der Waals surface area (Å²) in [6.45, 7) is 14.3. The lowest BCUT2D eigenvalue weighted by atomic mass is 9.99. The molecule has 17 nitrogen and oxygen atoms in total. The Kier molecular flexibility index (Phi) is 71.5. The normalized spacial score (nSPS) is 14.5. The molecule has 0 aliphatic heterocycles. The summed E-state index contributed by atoms with van der Waals surface area (Å²) in [5.41, 5.74) is 0. The molecule has 0 saturated carbocycles. The molecule has 0 aromatic rings. The molecule has 0 aromatic carbocycles. The number of hydrogen-bond donors (Lipinski definition) is 3. The van der Waals surface area contributed by atoms with Crippen LogP contribution in [0.25, 0.3) is 0 Å². The van der Waals surface area contributed by atoms with Gasteiger partial charge in [-0.3, -0.25) is 37.3 Å². The van der Waals surface area contributed by atoms with Gasteiger partial charge >= 0.3 is 39.5 Å². The van der Waals surface area contributed by atoms with Crippen LogP contribution in [-0.2, 0) is 65.4 Å². The van der Waals surface area contributed by atoms with E-state index in [4.69, 9.17) is 37.0 Å². The number of ether oxygens (including phenoxy) is 4. The number of hydrogen-bond acceptors (Lipinski definition) is 15. The molecule has 0 heterocycles. The summed E-state index contributed by atoms with van der Waals surface area (Å²) < 4.78 is 68.8. The first-order chi connectivity index (χ1) is 49.7. The van der Waals surface area contributed by atoms with E-state index in [1.165, 1.54) is 231 Å². The topological polar surface area (TPSA) is 237 Å². The molecule has 4 unspecified atom stereocenters. The molecule has 612 valence electrons. The Morgan fingerprint density at radius 1 is 0.272 bits per heavy atom. The Hall–Kier alpha value is -1.94. The zero-order valence-corrected chi connectivity index (χ0v) is 69.7. The number of unbranched alkanes of at least 4 members (excludes halogenated alkanes) is 45. The van der Waals surface area contributed by atoms with Gasteiger partial charge in [0, 0.05) is 25.7 Å². The Morgan fingerprint density at radius 3 is 0.689 bits per heavy atom. The highest BCUT2D eigenvalue weighted by molar-refractivity contribution is 7.47. The van der Waals surface area contributed by atoms with Crippen molar-refractivity contribution in [2.75, 3.05) is 39.6 Å². The van der Waals surface area contributed by atoms with Crippen LogP contribution in [0.3, 0.4) is 0 Å². The zero-order chi connectivity index (χ0) is 76.0. The van der Waals surface area contributed by atoms with E-state index < -0.39 is 97.5 Å². The van der Waals surface area contributed by atoms with Crippen molar-refractivity contribution in [2.24, 2.45) is 23.7 Å². The first kappa shape index (κ1) is 101. The Labute approximate surface area is 632 Å². The molecule has 0 amide bonds. The van der Waals surface area contributed by atoms with Gasteiger partial charge in [-0.15, -0.1) is 0 Å². The van der Waals surface area contributed by atoms with Gasteiger partial charge in [0.25, 0.3) is 0 Å². The van der Waals surface area contributed by atoms with Crippen molar-refractivity contribution < 1.29 is 80.2 Å². The number of aliphatic hydroxyl groups is 1. The maximum Gasteiger partial charge on any atom is 0.472 e. The van der Waals surface area contributed by atoms with Crippen LogP contribution in [-0.4, -0.2) is 96.7 Å². The lowest BCUT2D eigenvalue weighted by Crippen LogP contribution is -2.30. The number of phosphoric ester groups is 2. The molecule has 0 radical (unpaired) electrons. The van der Waals surface area contributed by atoms with Gasteiger partial charge in [0.15, 0.2) is 12.2 Å². The number of phosphoric acid groups is 2. The van der Waals surface area contributed by atoms with Gasteiger partial charge in [0.05, 0.1) is 26.4 Å². The summed E-state index contributed by atoms with van der Waals surface area (Å²) in [6.07, 6.45) is 61.1. The molecule has 19 heteroatoms. The van der Waals surface area contributed by atoms with E-state index in [0.29, 0.717) is 25.7 Å². The van der Waals surface area contributed by atoms with Gasteiger partial charge in [0.1, 0.15) is 19.3 Å². The summed E-state index contributed by atoms with van der Waals surface area (Å²) in [5, 5.41) is 10.7. The second-order valence-electron chi connectivity index (χ2n) is 31.7. The van der Waals surface area contributed by atoms with Crippen molar-refractivity contribution >= 4 is 39.5 Å². The second-order valence-corrected chi connectivity index (χ2v) is 34.6. The maximum atomic E-state index is 13.1. The van der Waals surface area contributed by atoms with Crippen molar-refractivity contribution in [1.29, 1.82) is 0 Å². The van der Waals surface area contributed by atoms with E-state index in [2.05, 4.69) is 55.4 Å². The molecule has 0 bridgehead atoms. The fourth-order valence-corrected chi connectivity index (χ4v) is 14.5. The summed E-state index contributed by atoms with van der Waals surface area (Å²) in [6, 6.07) is 0. The molecule has 3 N–H and O–H groups in total. The average molecular weight is 1510 g/mol. The highest BCUT2D eigenvalue weighted by Gasteiger charge is 2.30. The monoisotopic (exact) mass is 1510 g/mol. The van der Waals surface area contributed by atoms with Gasteiger partial charge in [0.2, 0.25) is 0 Å². The lowest BCUT2D eigenvalue weighted by molar-refractivity contribution is -0.161. The summed E-state index contributed by atoms with van der Waals surface area (Å²) in [7, 11) is -9.93. The van der Waals surface area contributed by atoms with Gasteiger partial charge in [-0.1, -0.05) is 383 Å². The van der Waals surface area contributed by atoms with Crippen molar-refractivity contribution in [3.63, 3.8) is 0 Å². The smallest absolute Gasteiger partial charge is 0.462 e. The Bertz CT molecular complexity index is 2010. The second kappa shape index (κ2) is 72.9. The highest BCUT2D eigenvalue weighted by Crippen LogP contribution is 2.45. The molecule has 7 atom stereocenters. The van der Waals surface area contributed by atoms with E-state index in [1.807, 2.05) is 0 Å². The van der Waals surface area contributed by atoms with Crippen molar-refractivity contribution in [3.8, 4) is 0 Å². The van der Waals surface area contributed by atoms with Gasteiger partial charge in [-0.05, 0) is 49.4 Å². The summed E-state index contributed by atoms with van der Waals surface area (Å²) in [5.74, 6) is 1.05. The molecule has 0 aromatic heterocycles. The molecule has 0 aliphatic rings. The number of carbonyl (C=O) groups is 4. The van der Waals surface area contributed by atoms with Crippen molar-refractivity contribution in [2.45, 2.75) is 453 Å². The standard InChI is InChI=1S/C84H164O17P2/c1-9-76(7)62-54-46-38-32-26-20-17-18-22-28-34-40-50-58-66-83(88)101-80(71-95-82(87)65-57-49-43-42-47-55-63-77(8)10-2)73-99-103(92,93)97-69-78(85)68-96-102(90,91)98-72-79(100-84(89)67-59-51-41-35-29-23-25-31-37-45-53-61-75(5)6)70-94-81(86)64-56-48-39-33-27-21-16-14-12-11-13-15-19-24-30-36-44-52-60-74(3)4/h74-80,85H,9-73H2,1-8H3,(H,90,91)(H,92,93)/t76?,77?,78-,79-,80-/m1/s1. The van der Waals surface area contributed by atoms with Crippen LogP contribution in [0.2, 0.25) is 0 Å².